The molecular weight excluding hydrogens is 406 g/mol. The number of nitrogens with zero attached hydrogens (tertiary/aromatic N) is 1. The lowest BCUT2D eigenvalue weighted by Crippen LogP contribution is -2.34. The molecule has 3 nitrogen and oxygen atoms in total. The molecule has 2 aromatic carbocycles. The predicted octanol–water partition coefficient (Wildman–Crippen LogP) is 4.80. The van der Waals surface area contributed by atoms with Gasteiger partial charge in [-0.3, -0.25) is 9.59 Å². The Balaban J connectivity index is 1.89. The molecule has 0 atom stereocenters. The monoisotopic (exact) mass is 417 g/mol. The molecule has 2 amide bonds. The number of aryl methyl sites for hydroxylation is 1. The second-order valence-corrected chi connectivity index (χ2v) is 7.83. The van der Waals surface area contributed by atoms with Gasteiger partial charge in [0, 0.05) is 10.0 Å². The second kappa shape index (κ2) is 7.01. The van der Waals surface area contributed by atoms with Crippen LogP contribution in [0.3, 0.4) is 0 Å². The van der Waals surface area contributed by atoms with Gasteiger partial charge in [-0.15, -0.1) is 0 Å². The van der Waals surface area contributed by atoms with Crippen LogP contribution in [0.1, 0.15) is 21.5 Å². The van der Waals surface area contributed by atoms with Crippen LogP contribution in [0.4, 0.5) is 0 Å². The van der Waals surface area contributed by atoms with Crippen LogP contribution in [-0.4, -0.2) is 21.0 Å². The third kappa shape index (κ3) is 3.50. The number of thioether (sulfide) groups is 1. The first-order valence-corrected chi connectivity index (χ1v) is 9.12. The van der Waals surface area contributed by atoms with Crippen LogP contribution in [0.5, 0.6) is 0 Å². The van der Waals surface area contributed by atoms with Crippen molar-refractivity contribution in [1.29, 1.82) is 0 Å². The summed E-state index contributed by atoms with van der Waals surface area (Å²) in [6.07, 6.45) is 1.74. The molecule has 1 fully saturated rings. The molecule has 1 aliphatic rings. The highest BCUT2D eigenvalue weighted by atomic mass is 79.9. The molecule has 1 saturated heterocycles. The van der Waals surface area contributed by atoms with Gasteiger partial charge in [-0.25, -0.2) is 4.90 Å². The minimum Gasteiger partial charge on any atom is -0.268 e. The number of imide groups is 1. The van der Waals surface area contributed by atoms with Gasteiger partial charge in [0.2, 0.25) is 0 Å². The summed E-state index contributed by atoms with van der Waals surface area (Å²) in [7, 11) is 0. The summed E-state index contributed by atoms with van der Waals surface area (Å²) in [5.41, 5.74) is 2.36. The minimum atomic E-state index is -0.393. The van der Waals surface area contributed by atoms with Gasteiger partial charge in [0.15, 0.2) is 4.32 Å². The van der Waals surface area contributed by atoms with Crippen molar-refractivity contribution >= 4 is 62.1 Å². The first-order valence-electron chi connectivity index (χ1n) is 7.10. The van der Waals surface area contributed by atoms with E-state index in [0.717, 1.165) is 32.3 Å². The molecule has 1 heterocycles. The largest absolute Gasteiger partial charge is 0.273 e. The summed E-state index contributed by atoms with van der Waals surface area (Å²) in [5.74, 6) is -0.773. The Hall–Kier alpha value is -1.76. The molecular formula is C18H12BrNO2S2. The third-order valence-corrected chi connectivity index (χ3v) is 5.24. The van der Waals surface area contributed by atoms with Crippen molar-refractivity contribution < 1.29 is 9.59 Å². The normalized spacial score (nSPS) is 16.1. The smallest absolute Gasteiger partial charge is 0.268 e. The Morgan fingerprint density at radius 1 is 1.21 bits per heavy atom. The molecule has 3 rings (SSSR count). The Bertz CT molecular complexity index is 875. The van der Waals surface area contributed by atoms with Crippen molar-refractivity contribution in [2.75, 3.05) is 0 Å². The Morgan fingerprint density at radius 3 is 2.58 bits per heavy atom. The lowest BCUT2D eigenvalue weighted by molar-refractivity contribution is -0.120. The predicted molar refractivity (Wildman–Crippen MR) is 105 cm³/mol. The molecule has 0 aliphatic carbocycles. The summed E-state index contributed by atoms with van der Waals surface area (Å²) in [6, 6.07) is 14.7. The summed E-state index contributed by atoms with van der Waals surface area (Å²) in [5, 5.41) is 0. The fraction of sp³-hybridized carbons (Fsp3) is 0.0556. The van der Waals surface area contributed by atoms with Gasteiger partial charge in [0.05, 0.1) is 4.91 Å². The zero-order valence-electron chi connectivity index (χ0n) is 12.7. The molecule has 2 aromatic rings. The van der Waals surface area contributed by atoms with Gasteiger partial charge < -0.3 is 0 Å². The average Bonchev–Trinajstić information content (AvgIpc) is 2.81. The van der Waals surface area contributed by atoms with Crippen LogP contribution < -0.4 is 0 Å². The molecule has 24 heavy (non-hydrogen) atoms. The number of benzene rings is 2. The van der Waals surface area contributed by atoms with Crippen LogP contribution >= 0.6 is 39.9 Å². The summed E-state index contributed by atoms with van der Waals surface area (Å²) in [4.78, 5) is 26.7. The maximum absolute atomic E-state index is 12.6. The fourth-order valence-electron chi connectivity index (χ4n) is 2.22. The van der Waals surface area contributed by atoms with Gasteiger partial charge in [0.1, 0.15) is 0 Å². The lowest BCUT2D eigenvalue weighted by atomic mass is 10.1. The number of thiocarbonyl (C=S) groups is 1. The number of carbonyl (C=O) groups excluding carboxylic acids is 2. The zero-order valence-corrected chi connectivity index (χ0v) is 15.9. The van der Waals surface area contributed by atoms with E-state index in [1.165, 1.54) is 0 Å². The molecule has 6 heteroatoms. The third-order valence-electron chi connectivity index (χ3n) is 3.44. The molecule has 0 saturated carbocycles. The van der Waals surface area contributed by atoms with E-state index in [0.29, 0.717) is 10.5 Å². The SMILES string of the molecule is Cc1ccc(C(=O)N2C(=O)C(=Cc3cccc(Br)c3)SC2=S)cc1. The number of amides is 2. The van der Waals surface area contributed by atoms with Crippen LogP contribution in [0.2, 0.25) is 0 Å². The van der Waals surface area contributed by atoms with Gasteiger partial charge in [0.25, 0.3) is 11.8 Å². The number of rotatable bonds is 2. The van der Waals surface area contributed by atoms with E-state index in [1.807, 2.05) is 43.3 Å². The lowest BCUT2D eigenvalue weighted by Gasteiger charge is -2.12. The van der Waals surface area contributed by atoms with E-state index >= 15 is 0 Å². The van der Waals surface area contributed by atoms with Gasteiger partial charge in [-0.1, -0.05) is 69.7 Å². The molecule has 0 unspecified atom stereocenters. The zero-order chi connectivity index (χ0) is 17.3. The summed E-state index contributed by atoms with van der Waals surface area (Å²) < 4.78 is 1.18. The van der Waals surface area contributed by atoms with Crippen molar-refractivity contribution in [3.05, 3.63) is 74.6 Å². The molecule has 0 spiro atoms. The number of hydrogen-bond acceptors (Lipinski definition) is 4. The highest BCUT2D eigenvalue weighted by molar-refractivity contribution is 9.10. The molecule has 0 N–H and O–H groups in total. The maximum atomic E-state index is 12.6. The van der Waals surface area contributed by atoms with E-state index in [-0.39, 0.29) is 10.2 Å². The maximum Gasteiger partial charge on any atom is 0.273 e. The Morgan fingerprint density at radius 2 is 1.92 bits per heavy atom. The van der Waals surface area contributed by atoms with E-state index in [4.69, 9.17) is 12.2 Å². The van der Waals surface area contributed by atoms with E-state index in [9.17, 15) is 9.59 Å². The molecule has 120 valence electrons. The van der Waals surface area contributed by atoms with Crippen molar-refractivity contribution in [2.45, 2.75) is 6.92 Å². The number of halogens is 1. The van der Waals surface area contributed by atoms with E-state index in [1.54, 1.807) is 18.2 Å². The number of carbonyl (C=O) groups is 2. The van der Waals surface area contributed by atoms with Crippen LogP contribution in [0.15, 0.2) is 57.9 Å². The average molecular weight is 418 g/mol. The standard InChI is InChI=1S/C18H12BrNO2S2/c1-11-5-7-13(8-6-11)16(21)20-17(22)15(24-18(20)23)10-12-3-2-4-14(19)9-12/h2-10H,1H3. The topological polar surface area (TPSA) is 37.4 Å². The fourth-order valence-corrected chi connectivity index (χ4v) is 3.89. The van der Waals surface area contributed by atoms with Gasteiger partial charge in [-0.05, 0) is 42.8 Å². The summed E-state index contributed by atoms with van der Waals surface area (Å²) in [6.45, 7) is 1.94. The van der Waals surface area contributed by atoms with E-state index < -0.39 is 5.91 Å². The quantitative estimate of drug-likeness (QED) is 0.399. The Kier molecular flexibility index (Phi) is 4.99. The number of hydrogen-bond donors (Lipinski definition) is 0. The van der Waals surface area contributed by atoms with Gasteiger partial charge in [-0.2, -0.15) is 0 Å². The second-order valence-electron chi connectivity index (χ2n) is 5.24. The highest BCUT2D eigenvalue weighted by Gasteiger charge is 2.37. The minimum absolute atomic E-state index is 0.256. The van der Waals surface area contributed by atoms with Crippen LogP contribution in [0.25, 0.3) is 6.08 Å². The van der Waals surface area contributed by atoms with Crippen molar-refractivity contribution in [1.82, 2.24) is 4.90 Å². The highest BCUT2D eigenvalue weighted by Crippen LogP contribution is 2.33. The molecule has 0 aromatic heterocycles. The molecule has 0 radical (unpaired) electrons. The van der Waals surface area contributed by atoms with Gasteiger partial charge >= 0.3 is 0 Å². The van der Waals surface area contributed by atoms with Crippen molar-refractivity contribution in [3.8, 4) is 0 Å². The first-order chi connectivity index (χ1) is 11.5. The Labute approximate surface area is 157 Å². The van der Waals surface area contributed by atoms with Crippen LogP contribution in [0, 0.1) is 6.92 Å². The van der Waals surface area contributed by atoms with E-state index in [2.05, 4.69) is 15.9 Å². The molecule has 1 aliphatic heterocycles. The first kappa shape index (κ1) is 17.1. The van der Waals surface area contributed by atoms with Crippen molar-refractivity contribution in [3.63, 3.8) is 0 Å². The molecule has 0 bridgehead atoms. The summed E-state index contributed by atoms with van der Waals surface area (Å²) >= 11 is 9.78. The van der Waals surface area contributed by atoms with Crippen molar-refractivity contribution in [2.24, 2.45) is 0 Å². The van der Waals surface area contributed by atoms with Crippen LogP contribution in [-0.2, 0) is 4.79 Å².